The monoisotopic (exact) mass is 367 g/mol. The third kappa shape index (κ3) is 3.26. The van der Waals surface area contributed by atoms with Crippen molar-refractivity contribution in [3.8, 4) is 5.75 Å². The number of likely N-dealkylation sites (tertiary alicyclic amines) is 1. The van der Waals surface area contributed by atoms with E-state index in [4.69, 9.17) is 0 Å². The van der Waals surface area contributed by atoms with Gasteiger partial charge in [0.25, 0.3) is 5.69 Å². The first-order valence-electron chi connectivity index (χ1n) is 9.01. The SMILES string of the molecule is O=C1NCc2ccccc2CC12CCN(Cc1cc(O)ccc1[N+](=O)[O-])C2. The zero-order valence-electron chi connectivity index (χ0n) is 14.9. The van der Waals surface area contributed by atoms with Gasteiger partial charge >= 0.3 is 0 Å². The molecule has 2 aromatic carbocycles. The predicted molar refractivity (Wildman–Crippen MR) is 99.1 cm³/mol. The number of aromatic hydroxyl groups is 1. The second-order valence-electron chi connectivity index (χ2n) is 7.44. The minimum Gasteiger partial charge on any atom is -0.508 e. The molecule has 1 saturated heterocycles. The normalized spacial score (nSPS) is 22.3. The van der Waals surface area contributed by atoms with Crippen molar-refractivity contribution in [3.05, 3.63) is 69.3 Å². The van der Waals surface area contributed by atoms with E-state index in [1.54, 1.807) is 0 Å². The van der Waals surface area contributed by atoms with Gasteiger partial charge in [0.15, 0.2) is 0 Å². The van der Waals surface area contributed by atoms with E-state index in [0.29, 0.717) is 44.6 Å². The minimum absolute atomic E-state index is 0.00523. The summed E-state index contributed by atoms with van der Waals surface area (Å²) in [6.07, 6.45) is 1.38. The van der Waals surface area contributed by atoms with Crippen LogP contribution in [0.5, 0.6) is 5.75 Å². The average molecular weight is 367 g/mol. The highest BCUT2D eigenvalue weighted by molar-refractivity contribution is 5.84. The first-order chi connectivity index (χ1) is 13.0. The van der Waals surface area contributed by atoms with Crippen LogP contribution >= 0.6 is 0 Å². The Morgan fingerprint density at radius 2 is 2.00 bits per heavy atom. The molecule has 1 spiro atoms. The van der Waals surface area contributed by atoms with Gasteiger partial charge in [0.05, 0.1) is 10.3 Å². The van der Waals surface area contributed by atoms with Crippen molar-refractivity contribution in [1.82, 2.24) is 10.2 Å². The molecule has 0 aromatic heterocycles. The van der Waals surface area contributed by atoms with E-state index in [9.17, 15) is 20.0 Å². The summed E-state index contributed by atoms with van der Waals surface area (Å²) in [5, 5.41) is 24.0. The molecule has 7 heteroatoms. The Balaban J connectivity index is 1.57. The number of rotatable bonds is 3. The van der Waals surface area contributed by atoms with Gasteiger partial charge < -0.3 is 10.4 Å². The predicted octanol–water partition coefficient (Wildman–Crippen LogP) is 2.37. The van der Waals surface area contributed by atoms with E-state index in [-0.39, 0.29) is 17.3 Å². The first kappa shape index (κ1) is 17.5. The maximum absolute atomic E-state index is 12.8. The van der Waals surface area contributed by atoms with E-state index in [1.807, 2.05) is 18.2 Å². The van der Waals surface area contributed by atoms with Gasteiger partial charge in [-0.05, 0) is 42.6 Å². The van der Waals surface area contributed by atoms with Crippen molar-refractivity contribution in [2.45, 2.75) is 25.9 Å². The number of benzene rings is 2. The molecule has 2 heterocycles. The van der Waals surface area contributed by atoms with E-state index in [2.05, 4.69) is 16.3 Å². The molecule has 2 aliphatic heterocycles. The summed E-state index contributed by atoms with van der Waals surface area (Å²) in [6, 6.07) is 12.2. The summed E-state index contributed by atoms with van der Waals surface area (Å²) in [4.78, 5) is 25.8. The van der Waals surface area contributed by atoms with Crippen molar-refractivity contribution in [3.63, 3.8) is 0 Å². The van der Waals surface area contributed by atoms with Crippen LogP contribution in [0.2, 0.25) is 0 Å². The molecule has 2 N–H and O–H groups in total. The number of nitro groups is 1. The van der Waals surface area contributed by atoms with E-state index >= 15 is 0 Å². The van der Waals surface area contributed by atoms with Crippen LogP contribution in [0.4, 0.5) is 5.69 Å². The molecule has 4 rings (SSSR count). The maximum atomic E-state index is 12.8. The number of nitrogens with zero attached hydrogens (tertiary/aromatic N) is 2. The van der Waals surface area contributed by atoms with Crippen LogP contribution in [-0.4, -0.2) is 33.9 Å². The summed E-state index contributed by atoms with van der Waals surface area (Å²) in [5.74, 6) is 0.0530. The quantitative estimate of drug-likeness (QED) is 0.641. The van der Waals surface area contributed by atoms with Crippen molar-refractivity contribution < 1.29 is 14.8 Å². The number of hydrogen-bond acceptors (Lipinski definition) is 5. The van der Waals surface area contributed by atoms with Gasteiger partial charge in [0, 0.05) is 31.3 Å². The molecule has 27 heavy (non-hydrogen) atoms. The zero-order valence-corrected chi connectivity index (χ0v) is 14.9. The second-order valence-corrected chi connectivity index (χ2v) is 7.44. The smallest absolute Gasteiger partial charge is 0.274 e. The van der Waals surface area contributed by atoms with Crippen LogP contribution in [-0.2, 0) is 24.3 Å². The number of hydrogen-bond donors (Lipinski definition) is 2. The summed E-state index contributed by atoms with van der Waals surface area (Å²) in [6.45, 7) is 2.10. The molecule has 0 saturated carbocycles. The Kier molecular flexibility index (Phi) is 4.31. The lowest BCUT2D eigenvalue weighted by Gasteiger charge is -2.26. The van der Waals surface area contributed by atoms with Gasteiger partial charge in [-0.3, -0.25) is 19.8 Å². The third-order valence-electron chi connectivity index (χ3n) is 5.65. The number of nitrogens with one attached hydrogen (secondary N) is 1. The molecule has 7 nitrogen and oxygen atoms in total. The Labute approximate surface area is 156 Å². The van der Waals surface area contributed by atoms with Crippen molar-refractivity contribution in [2.75, 3.05) is 13.1 Å². The van der Waals surface area contributed by atoms with Crippen LogP contribution in [0.1, 0.15) is 23.1 Å². The van der Waals surface area contributed by atoms with Gasteiger partial charge in [0.1, 0.15) is 5.75 Å². The van der Waals surface area contributed by atoms with Gasteiger partial charge in [-0.25, -0.2) is 0 Å². The lowest BCUT2D eigenvalue weighted by atomic mass is 9.80. The topological polar surface area (TPSA) is 95.7 Å². The number of phenolic OH excluding ortho intramolecular Hbond substituents is 1. The van der Waals surface area contributed by atoms with E-state index < -0.39 is 10.3 Å². The number of phenols is 1. The van der Waals surface area contributed by atoms with Gasteiger partial charge in [-0.1, -0.05) is 24.3 Å². The molecule has 0 bridgehead atoms. The molecule has 1 fully saturated rings. The summed E-state index contributed by atoms with van der Waals surface area (Å²) >= 11 is 0. The second kappa shape index (κ2) is 6.66. The highest BCUT2D eigenvalue weighted by Crippen LogP contribution is 2.38. The molecule has 0 radical (unpaired) electrons. The average Bonchev–Trinajstić information content (AvgIpc) is 2.98. The van der Waals surface area contributed by atoms with E-state index in [0.717, 1.165) is 5.56 Å². The van der Waals surface area contributed by atoms with Gasteiger partial charge in [-0.15, -0.1) is 0 Å². The van der Waals surface area contributed by atoms with Crippen LogP contribution < -0.4 is 5.32 Å². The summed E-state index contributed by atoms with van der Waals surface area (Å²) < 4.78 is 0. The van der Waals surface area contributed by atoms with Crippen molar-refractivity contribution in [2.24, 2.45) is 5.41 Å². The molecule has 2 aromatic rings. The largest absolute Gasteiger partial charge is 0.508 e. The molecule has 140 valence electrons. The molecule has 2 aliphatic rings. The van der Waals surface area contributed by atoms with E-state index in [1.165, 1.54) is 23.8 Å². The molecule has 1 atom stereocenters. The number of amides is 1. The Morgan fingerprint density at radius 3 is 2.78 bits per heavy atom. The number of fused-ring (bicyclic) bond motifs is 1. The Hall–Kier alpha value is -2.93. The Bertz CT molecular complexity index is 914. The van der Waals surface area contributed by atoms with Crippen LogP contribution in [0.15, 0.2) is 42.5 Å². The first-order valence-corrected chi connectivity index (χ1v) is 9.01. The number of nitro benzene ring substituents is 1. The number of carbonyl (C=O) groups is 1. The summed E-state index contributed by atoms with van der Waals surface area (Å²) in [5.41, 5.74) is 2.26. The lowest BCUT2D eigenvalue weighted by molar-refractivity contribution is -0.385. The standard InChI is InChI=1S/C20H21N3O4/c24-17-5-6-18(23(26)27)16(9-17)12-22-8-7-20(13-22)10-14-3-1-2-4-15(14)11-21-19(20)25/h1-6,9,24H,7-8,10-13H2,(H,21,25). The molecule has 0 aliphatic carbocycles. The van der Waals surface area contributed by atoms with Crippen LogP contribution in [0.3, 0.4) is 0 Å². The maximum Gasteiger partial charge on any atom is 0.274 e. The molecule has 1 unspecified atom stereocenters. The molecular formula is C20H21N3O4. The fourth-order valence-electron chi connectivity index (χ4n) is 4.25. The molecular weight excluding hydrogens is 346 g/mol. The van der Waals surface area contributed by atoms with Crippen LogP contribution in [0, 0.1) is 15.5 Å². The van der Waals surface area contributed by atoms with Gasteiger partial charge in [0.2, 0.25) is 5.91 Å². The Morgan fingerprint density at radius 1 is 1.22 bits per heavy atom. The third-order valence-corrected chi connectivity index (χ3v) is 5.65. The van der Waals surface area contributed by atoms with Crippen molar-refractivity contribution >= 4 is 11.6 Å². The van der Waals surface area contributed by atoms with Crippen molar-refractivity contribution in [1.29, 1.82) is 0 Å². The highest BCUT2D eigenvalue weighted by atomic mass is 16.6. The highest BCUT2D eigenvalue weighted by Gasteiger charge is 2.46. The van der Waals surface area contributed by atoms with Crippen LogP contribution in [0.25, 0.3) is 0 Å². The fourth-order valence-corrected chi connectivity index (χ4v) is 4.25. The molecule has 1 amide bonds. The fraction of sp³-hybridized carbons (Fsp3) is 0.350. The minimum atomic E-state index is -0.516. The number of carbonyl (C=O) groups excluding carboxylic acids is 1. The summed E-state index contributed by atoms with van der Waals surface area (Å²) in [7, 11) is 0. The lowest BCUT2D eigenvalue weighted by Crippen LogP contribution is -2.42. The van der Waals surface area contributed by atoms with Gasteiger partial charge in [-0.2, -0.15) is 0 Å². The zero-order chi connectivity index (χ0) is 19.0.